The summed E-state index contributed by atoms with van der Waals surface area (Å²) in [6.45, 7) is 5.76. The molecular weight excluding hydrogens is 320 g/mol. The Hall–Kier alpha value is -2.11. The summed E-state index contributed by atoms with van der Waals surface area (Å²) in [4.78, 5) is 2.16. The van der Waals surface area contributed by atoms with Gasteiger partial charge in [0.1, 0.15) is 11.5 Å². The van der Waals surface area contributed by atoms with Gasteiger partial charge in [-0.2, -0.15) is 0 Å². The molecule has 0 saturated carbocycles. The minimum atomic E-state index is 0.190. The summed E-state index contributed by atoms with van der Waals surface area (Å²) in [5, 5.41) is 4.02. The fourth-order valence-corrected chi connectivity index (χ4v) is 3.04. The molecule has 1 saturated heterocycles. The molecule has 0 aromatic heterocycles. The van der Waals surface area contributed by atoms with Crippen LogP contribution in [-0.2, 0) is 4.74 Å². The zero-order valence-electron chi connectivity index (χ0n) is 13.9. The average Bonchev–Trinajstić information content (AvgIpc) is 2.57. The summed E-state index contributed by atoms with van der Waals surface area (Å²) in [5.41, 5.74) is 0.951. The van der Waals surface area contributed by atoms with Crippen molar-refractivity contribution in [2.75, 3.05) is 18.4 Å². The van der Waals surface area contributed by atoms with Gasteiger partial charge in [0.25, 0.3) is 0 Å². The van der Waals surface area contributed by atoms with E-state index in [9.17, 15) is 0 Å². The molecule has 24 heavy (non-hydrogen) atoms. The van der Waals surface area contributed by atoms with Crippen LogP contribution in [0.3, 0.4) is 0 Å². The van der Waals surface area contributed by atoms with Crippen LogP contribution in [0.2, 0.25) is 0 Å². The molecule has 3 rings (SSSR count). The zero-order valence-corrected chi connectivity index (χ0v) is 14.8. The van der Waals surface area contributed by atoms with Crippen molar-refractivity contribution in [3.8, 4) is 11.5 Å². The molecule has 0 aliphatic carbocycles. The van der Waals surface area contributed by atoms with E-state index in [1.165, 1.54) is 0 Å². The lowest BCUT2D eigenvalue weighted by Gasteiger charge is -2.36. The van der Waals surface area contributed by atoms with E-state index < -0.39 is 0 Å². The molecule has 0 bridgehead atoms. The largest absolute Gasteiger partial charge is 0.457 e. The maximum Gasteiger partial charge on any atom is 0.173 e. The Labute approximate surface area is 148 Å². The first-order valence-electron chi connectivity index (χ1n) is 8.14. The monoisotopic (exact) mass is 342 g/mol. The number of thiocarbonyl (C=S) groups is 1. The van der Waals surface area contributed by atoms with Crippen molar-refractivity contribution in [2.45, 2.75) is 26.1 Å². The fourth-order valence-electron chi connectivity index (χ4n) is 2.78. The van der Waals surface area contributed by atoms with E-state index in [1.54, 1.807) is 0 Å². The van der Waals surface area contributed by atoms with Gasteiger partial charge < -0.3 is 19.7 Å². The third kappa shape index (κ3) is 4.46. The lowest BCUT2D eigenvalue weighted by atomic mass is 10.2. The van der Waals surface area contributed by atoms with Gasteiger partial charge in [0.05, 0.1) is 12.2 Å². The fraction of sp³-hybridized carbons (Fsp3) is 0.316. The van der Waals surface area contributed by atoms with E-state index in [-0.39, 0.29) is 12.2 Å². The number of anilines is 1. The molecule has 1 heterocycles. The van der Waals surface area contributed by atoms with Crippen LogP contribution in [0.15, 0.2) is 54.6 Å². The molecule has 2 unspecified atom stereocenters. The highest BCUT2D eigenvalue weighted by Gasteiger charge is 2.23. The highest BCUT2D eigenvalue weighted by atomic mass is 32.1. The van der Waals surface area contributed by atoms with E-state index >= 15 is 0 Å². The van der Waals surface area contributed by atoms with Gasteiger partial charge in [-0.15, -0.1) is 0 Å². The third-order valence-electron chi connectivity index (χ3n) is 3.79. The average molecular weight is 342 g/mol. The topological polar surface area (TPSA) is 33.7 Å². The second-order valence-corrected chi connectivity index (χ2v) is 6.42. The van der Waals surface area contributed by atoms with Gasteiger partial charge in [0.2, 0.25) is 0 Å². The summed E-state index contributed by atoms with van der Waals surface area (Å²) in [6, 6.07) is 17.5. The second kappa shape index (κ2) is 7.64. The van der Waals surface area contributed by atoms with Crippen LogP contribution >= 0.6 is 12.2 Å². The van der Waals surface area contributed by atoms with Crippen LogP contribution in [0.1, 0.15) is 13.8 Å². The van der Waals surface area contributed by atoms with Crippen LogP contribution in [0.5, 0.6) is 11.5 Å². The maximum atomic E-state index is 5.80. The number of benzene rings is 2. The molecule has 5 heteroatoms. The Morgan fingerprint density at radius 1 is 1.00 bits per heavy atom. The van der Waals surface area contributed by atoms with E-state index in [0.717, 1.165) is 35.4 Å². The molecule has 0 radical (unpaired) electrons. The molecule has 0 spiro atoms. The molecule has 0 amide bonds. The van der Waals surface area contributed by atoms with Crippen molar-refractivity contribution >= 4 is 23.0 Å². The maximum absolute atomic E-state index is 5.80. The van der Waals surface area contributed by atoms with Crippen LogP contribution < -0.4 is 10.1 Å². The van der Waals surface area contributed by atoms with Crippen LogP contribution in [-0.4, -0.2) is 35.3 Å². The third-order valence-corrected chi connectivity index (χ3v) is 4.15. The van der Waals surface area contributed by atoms with E-state index in [4.69, 9.17) is 21.7 Å². The number of nitrogens with zero attached hydrogens (tertiary/aromatic N) is 1. The molecule has 2 aromatic rings. The predicted octanol–water partition coefficient (Wildman–Crippen LogP) is 4.28. The Morgan fingerprint density at radius 3 is 2.21 bits per heavy atom. The highest BCUT2D eigenvalue weighted by molar-refractivity contribution is 7.80. The number of nitrogens with one attached hydrogen (secondary N) is 1. The Kier molecular flexibility index (Phi) is 5.33. The first-order valence-corrected chi connectivity index (χ1v) is 8.55. The standard InChI is InChI=1S/C19H22N2O2S/c1-14-12-21(13-15(2)22-14)19(24)20-16-8-10-18(11-9-16)23-17-6-4-3-5-7-17/h3-11,14-15H,12-13H2,1-2H3,(H,20,24). The SMILES string of the molecule is CC1CN(C(=S)Nc2ccc(Oc3ccccc3)cc2)CC(C)O1. The van der Waals surface area contributed by atoms with Crippen molar-refractivity contribution in [1.29, 1.82) is 0 Å². The van der Waals surface area contributed by atoms with Crippen LogP contribution in [0.4, 0.5) is 5.69 Å². The van der Waals surface area contributed by atoms with E-state index in [1.807, 2.05) is 54.6 Å². The summed E-state index contributed by atoms with van der Waals surface area (Å²) in [5.74, 6) is 1.62. The molecule has 1 aliphatic heterocycles. The number of para-hydroxylation sites is 1. The number of rotatable bonds is 3. The lowest BCUT2D eigenvalue weighted by molar-refractivity contribution is -0.0473. The second-order valence-electron chi connectivity index (χ2n) is 6.03. The molecule has 126 valence electrons. The van der Waals surface area contributed by atoms with Gasteiger partial charge in [-0.05, 0) is 62.5 Å². The van der Waals surface area contributed by atoms with Gasteiger partial charge >= 0.3 is 0 Å². The van der Waals surface area contributed by atoms with Crippen LogP contribution in [0, 0.1) is 0 Å². The smallest absolute Gasteiger partial charge is 0.173 e. The van der Waals surface area contributed by atoms with Crippen molar-refractivity contribution in [3.63, 3.8) is 0 Å². The van der Waals surface area contributed by atoms with Gasteiger partial charge in [-0.25, -0.2) is 0 Å². The molecule has 2 aromatic carbocycles. The summed E-state index contributed by atoms with van der Waals surface area (Å²) in [6.07, 6.45) is 0.380. The quantitative estimate of drug-likeness (QED) is 0.842. The number of morpholine rings is 1. The summed E-state index contributed by atoms with van der Waals surface area (Å²) >= 11 is 5.53. The molecule has 1 fully saturated rings. The molecule has 1 aliphatic rings. The van der Waals surface area contributed by atoms with Crippen molar-refractivity contribution in [1.82, 2.24) is 4.90 Å². The van der Waals surface area contributed by atoms with E-state index in [0.29, 0.717) is 0 Å². The van der Waals surface area contributed by atoms with E-state index in [2.05, 4.69) is 24.1 Å². The first-order chi connectivity index (χ1) is 11.6. The summed E-state index contributed by atoms with van der Waals surface area (Å²) < 4.78 is 11.5. The number of hydrogen-bond acceptors (Lipinski definition) is 3. The van der Waals surface area contributed by atoms with Crippen LogP contribution in [0.25, 0.3) is 0 Å². The Balaban J connectivity index is 1.58. The summed E-state index contributed by atoms with van der Waals surface area (Å²) in [7, 11) is 0. The van der Waals surface area contributed by atoms with Crippen molar-refractivity contribution in [3.05, 3.63) is 54.6 Å². The Bertz CT molecular complexity index is 666. The van der Waals surface area contributed by atoms with Crippen molar-refractivity contribution < 1.29 is 9.47 Å². The highest BCUT2D eigenvalue weighted by Crippen LogP contribution is 2.23. The number of ether oxygens (including phenoxy) is 2. The Morgan fingerprint density at radius 2 is 1.58 bits per heavy atom. The van der Waals surface area contributed by atoms with Gasteiger partial charge in [0.15, 0.2) is 5.11 Å². The number of hydrogen-bond donors (Lipinski definition) is 1. The molecule has 2 atom stereocenters. The normalized spacial score (nSPS) is 20.5. The minimum absolute atomic E-state index is 0.190. The molecule has 1 N–H and O–H groups in total. The lowest BCUT2D eigenvalue weighted by Crippen LogP contribution is -2.49. The first kappa shape index (κ1) is 16.7. The van der Waals surface area contributed by atoms with Crippen molar-refractivity contribution in [2.24, 2.45) is 0 Å². The predicted molar refractivity (Wildman–Crippen MR) is 101 cm³/mol. The van der Waals surface area contributed by atoms with Gasteiger partial charge in [-0.3, -0.25) is 0 Å². The molecular formula is C19H22N2O2S. The van der Waals surface area contributed by atoms with Gasteiger partial charge in [0, 0.05) is 18.8 Å². The minimum Gasteiger partial charge on any atom is -0.457 e. The zero-order chi connectivity index (χ0) is 16.9. The molecule has 4 nitrogen and oxygen atoms in total. The van der Waals surface area contributed by atoms with Gasteiger partial charge in [-0.1, -0.05) is 18.2 Å².